The van der Waals surface area contributed by atoms with Gasteiger partial charge >= 0.3 is 0 Å². The summed E-state index contributed by atoms with van der Waals surface area (Å²) in [5, 5.41) is 9.48. The van der Waals surface area contributed by atoms with Crippen molar-refractivity contribution in [3.63, 3.8) is 0 Å². The highest BCUT2D eigenvalue weighted by molar-refractivity contribution is 5.09. The van der Waals surface area contributed by atoms with Crippen molar-refractivity contribution in [1.82, 2.24) is 0 Å². The molecule has 1 heteroatoms. The van der Waals surface area contributed by atoms with E-state index >= 15 is 0 Å². The molecule has 1 N–H and O–H groups in total. The van der Waals surface area contributed by atoms with Crippen LogP contribution in [0.1, 0.15) is 45.4 Å². The van der Waals surface area contributed by atoms with Crippen LogP contribution >= 0.6 is 0 Å². The molecule has 0 unspecified atom stereocenters. The molecule has 1 nitrogen and oxygen atoms in total. The molecule has 1 fully saturated rings. The van der Waals surface area contributed by atoms with Crippen molar-refractivity contribution in [3.05, 3.63) is 36.5 Å². The second-order valence-electron chi connectivity index (χ2n) is 4.99. The zero-order valence-electron chi connectivity index (χ0n) is 10.4. The Bertz CT molecular complexity index is 275. The molecule has 1 rings (SSSR count). The lowest BCUT2D eigenvalue weighted by Gasteiger charge is -2.08. The van der Waals surface area contributed by atoms with E-state index in [9.17, 15) is 5.11 Å². The molecule has 0 aliphatic heterocycles. The van der Waals surface area contributed by atoms with Crippen LogP contribution < -0.4 is 0 Å². The Kier molecular flexibility index (Phi) is 5.54. The Balaban J connectivity index is 2.11. The van der Waals surface area contributed by atoms with E-state index in [0.29, 0.717) is 5.92 Å². The molecule has 0 aromatic carbocycles. The van der Waals surface area contributed by atoms with Gasteiger partial charge in [0.15, 0.2) is 0 Å². The van der Waals surface area contributed by atoms with Gasteiger partial charge in [0, 0.05) is 0 Å². The maximum absolute atomic E-state index is 9.48. The Labute approximate surface area is 99.6 Å². The van der Waals surface area contributed by atoms with Crippen LogP contribution in [0.2, 0.25) is 0 Å². The Morgan fingerprint density at radius 3 is 2.69 bits per heavy atom. The summed E-state index contributed by atoms with van der Waals surface area (Å²) in [6.07, 6.45) is 10.5. The molecule has 2 atom stereocenters. The quantitative estimate of drug-likeness (QED) is 0.671. The van der Waals surface area contributed by atoms with E-state index in [1.807, 2.05) is 0 Å². The monoisotopic (exact) mass is 220 g/mol. The fraction of sp³-hybridized carbons (Fsp3) is 0.600. The van der Waals surface area contributed by atoms with Crippen LogP contribution in [0.25, 0.3) is 0 Å². The Hall–Kier alpha value is -0.820. The molecular weight excluding hydrogens is 196 g/mol. The average Bonchev–Trinajstić information content (AvgIpc) is 2.50. The summed E-state index contributed by atoms with van der Waals surface area (Å²) in [4.78, 5) is 0. The zero-order valence-corrected chi connectivity index (χ0v) is 10.4. The first-order valence-electron chi connectivity index (χ1n) is 6.24. The maximum Gasteiger partial charge on any atom is 0.0583 e. The van der Waals surface area contributed by atoms with Crippen molar-refractivity contribution >= 4 is 0 Å². The largest absolute Gasteiger partial charge is 0.393 e. The van der Waals surface area contributed by atoms with E-state index in [4.69, 9.17) is 0 Å². The van der Waals surface area contributed by atoms with Gasteiger partial charge in [-0.1, -0.05) is 29.9 Å². The van der Waals surface area contributed by atoms with Gasteiger partial charge in [-0.25, -0.2) is 0 Å². The van der Waals surface area contributed by atoms with Crippen molar-refractivity contribution in [1.29, 1.82) is 0 Å². The smallest absolute Gasteiger partial charge is 0.0583 e. The highest BCUT2D eigenvalue weighted by Gasteiger charge is 2.25. The first-order valence-corrected chi connectivity index (χ1v) is 6.24. The molecular formula is C15H24O. The lowest BCUT2D eigenvalue weighted by Crippen LogP contribution is -1.99. The lowest BCUT2D eigenvalue weighted by atomic mass is 9.98. The molecule has 16 heavy (non-hydrogen) atoms. The topological polar surface area (TPSA) is 20.2 Å². The normalized spacial score (nSPS) is 25.5. The molecule has 0 spiro atoms. The summed E-state index contributed by atoms with van der Waals surface area (Å²) >= 11 is 0. The van der Waals surface area contributed by atoms with Crippen LogP contribution in [-0.2, 0) is 0 Å². The number of aliphatic hydroxyl groups excluding tert-OH is 1. The van der Waals surface area contributed by atoms with Crippen molar-refractivity contribution < 1.29 is 5.11 Å². The number of allylic oxidation sites excluding steroid dienone is 3. The Morgan fingerprint density at radius 2 is 2.12 bits per heavy atom. The molecule has 0 amide bonds. The number of rotatable bonds is 6. The molecule has 1 aliphatic rings. The number of hydrogen-bond donors (Lipinski definition) is 1. The fourth-order valence-electron chi connectivity index (χ4n) is 2.23. The van der Waals surface area contributed by atoms with Crippen LogP contribution in [0.15, 0.2) is 36.5 Å². The van der Waals surface area contributed by atoms with Gasteiger partial charge in [-0.05, 0) is 51.4 Å². The average molecular weight is 220 g/mol. The van der Waals surface area contributed by atoms with E-state index in [-0.39, 0.29) is 6.10 Å². The van der Waals surface area contributed by atoms with Crippen LogP contribution in [-0.4, -0.2) is 11.2 Å². The van der Waals surface area contributed by atoms with Gasteiger partial charge in [0.2, 0.25) is 0 Å². The van der Waals surface area contributed by atoms with Crippen molar-refractivity contribution in [2.45, 2.75) is 51.6 Å². The minimum atomic E-state index is -0.134. The second kappa shape index (κ2) is 6.70. The lowest BCUT2D eigenvalue weighted by molar-refractivity contribution is 0.178. The van der Waals surface area contributed by atoms with Crippen LogP contribution in [0.5, 0.6) is 0 Å². The first kappa shape index (κ1) is 13.2. The van der Waals surface area contributed by atoms with E-state index in [1.165, 1.54) is 11.1 Å². The predicted octanol–water partition coefficient (Wildman–Crippen LogP) is 4.01. The second-order valence-corrected chi connectivity index (χ2v) is 4.99. The van der Waals surface area contributed by atoms with E-state index in [0.717, 1.165) is 38.5 Å². The Morgan fingerprint density at radius 1 is 1.44 bits per heavy atom. The zero-order chi connectivity index (χ0) is 12.0. The summed E-state index contributed by atoms with van der Waals surface area (Å²) in [6, 6.07) is 0. The standard InChI is InChI=1S/C15H24O/c1-12(2)8-6-4-5-7-9-14-11-15(16)10-13(14)3/h4-5,14-16H,1,3,6-11H2,2H3/b5-4-/t14-,15-/m1/s1. The van der Waals surface area contributed by atoms with Crippen molar-refractivity contribution in [3.8, 4) is 0 Å². The molecule has 0 saturated heterocycles. The third-order valence-electron chi connectivity index (χ3n) is 3.22. The summed E-state index contributed by atoms with van der Waals surface area (Å²) in [6.45, 7) is 9.98. The van der Waals surface area contributed by atoms with Gasteiger partial charge in [-0.2, -0.15) is 0 Å². The molecule has 0 bridgehead atoms. The minimum Gasteiger partial charge on any atom is -0.393 e. The first-order chi connectivity index (χ1) is 7.59. The molecule has 90 valence electrons. The summed E-state index contributed by atoms with van der Waals surface area (Å²) < 4.78 is 0. The third kappa shape index (κ3) is 4.80. The van der Waals surface area contributed by atoms with Gasteiger partial charge in [0.1, 0.15) is 0 Å². The fourth-order valence-corrected chi connectivity index (χ4v) is 2.23. The van der Waals surface area contributed by atoms with Gasteiger partial charge in [-0.15, -0.1) is 6.58 Å². The SMILES string of the molecule is C=C(C)CC/C=C\CC[C@@H]1C[C@H](O)CC1=C. The number of aliphatic hydroxyl groups is 1. The molecule has 0 aromatic heterocycles. The molecule has 0 radical (unpaired) electrons. The van der Waals surface area contributed by atoms with Gasteiger partial charge in [-0.3, -0.25) is 0 Å². The maximum atomic E-state index is 9.48. The molecule has 0 heterocycles. The van der Waals surface area contributed by atoms with Gasteiger partial charge < -0.3 is 5.11 Å². The van der Waals surface area contributed by atoms with Crippen LogP contribution in [0, 0.1) is 5.92 Å². The van der Waals surface area contributed by atoms with E-state index < -0.39 is 0 Å². The molecule has 0 aromatic rings. The van der Waals surface area contributed by atoms with E-state index in [1.54, 1.807) is 0 Å². The highest BCUT2D eigenvalue weighted by atomic mass is 16.3. The molecule has 1 aliphatic carbocycles. The summed E-state index contributed by atoms with van der Waals surface area (Å²) in [5.41, 5.74) is 2.49. The molecule has 1 saturated carbocycles. The van der Waals surface area contributed by atoms with Gasteiger partial charge in [0.25, 0.3) is 0 Å². The van der Waals surface area contributed by atoms with Crippen molar-refractivity contribution in [2.75, 3.05) is 0 Å². The van der Waals surface area contributed by atoms with Crippen molar-refractivity contribution in [2.24, 2.45) is 5.92 Å². The summed E-state index contributed by atoms with van der Waals surface area (Å²) in [5.74, 6) is 0.542. The van der Waals surface area contributed by atoms with E-state index in [2.05, 4.69) is 32.2 Å². The third-order valence-corrected chi connectivity index (χ3v) is 3.22. The van der Waals surface area contributed by atoms with Crippen LogP contribution in [0.3, 0.4) is 0 Å². The predicted molar refractivity (Wildman–Crippen MR) is 70.3 cm³/mol. The number of hydrogen-bond acceptors (Lipinski definition) is 1. The van der Waals surface area contributed by atoms with Crippen LogP contribution in [0.4, 0.5) is 0 Å². The highest BCUT2D eigenvalue weighted by Crippen LogP contribution is 2.33. The van der Waals surface area contributed by atoms with Gasteiger partial charge in [0.05, 0.1) is 6.10 Å². The summed E-state index contributed by atoms with van der Waals surface area (Å²) in [7, 11) is 0. The minimum absolute atomic E-state index is 0.134.